The van der Waals surface area contributed by atoms with E-state index in [4.69, 9.17) is 4.74 Å². The van der Waals surface area contributed by atoms with Crippen LogP contribution >= 0.6 is 0 Å². The summed E-state index contributed by atoms with van der Waals surface area (Å²) < 4.78 is 5.85. The van der Waals surface area contributed by atoms with E-state index < -0.39 is 6.10 Å². The Balaban J connectivity index is 1.39. The van der Waals surface area contributed by atoms with Gasteiger partial charge in [-0.25, -0.2) is 4.79 Å². The molecule has 3 saturated carbocycles. The highest BCUT2D eigenvalue weighted by Gasteiger charge is 2.61. The van der Waals surface area contributed by atoms with E-state index in [1.54, 1.807) is 0 Å². The summed E-state index contributed by atoms with van der Waals surface area (Å²) in [6.07, 6.45) is 9.09. The SMILES string of the molecule is CC1=C(CO)C(=O)O[C@@H]([C@@H](C)[C@H]2CC[C@H]3[C@@H]4CC=C5[C@@H](O)CC[C@H](O)[C@]5(C)[C@H]4CC[C@]23C)C1. The van der Waals surface area contributed by atoms with E-state index in [9.17, 15) is 20.1 Å². The lowest BCUT2D eigenvalue weighted by atomic mass is 9.46. The van der Waals surface area contributed by atoms with Gasteiger partial charge in [-0.1, -0.05) is 32.4 Å². The number of aliphatic hydroxyl groups is 3. The smallest absolute Gasteiger partial charge is 0.336 e. The first-order valence-corrected chi connectivity index (χ1v) is 13.2. The van der Waals surface area contributed by atoms with Gasteiger partial charge in [-0.15, -0.1) is 0 Å². The molecule has 3 N–H and O–H groups in total. The van der Waals surface area contributed by atoms with Crippen LogP contribution in [0.4, 0.5) is 0 Å². The summed E-state index contributed by atoms with van der Waals surface area (Å²) in [4.78, 5) is 12.5. The predicted molar refractivity (Wildman–Crippen MR) is 126 cm³/mol. The van der Waals surface area contributed by atoms with Gasteiger partial charge < -0.3 is 20.1 Å². The fraction of sp³-hybridized carbons (Fsp3) is 0.821. The average Bonchev–Trinajstić information content (AvgIpc) is 3.13. The minimum atomic E-state index is -0.398. The van der Waals surface area contributed by atoms with Crippen molar-refractivity contribution in [1.29, 1.82) is 0 Å². The highest BCUT2D eigenvalue weighted by molar-refractivity contribution is 5.90. The number of hydrogen-bond acceptors (Lipinski definition) is 5. The van der Waals surface area contributed by atoms with Crippen molar-refractivity contribution < 1.29 is 24.9 Å². The molecule has 3 fully saturated rings. The Morgan fingerprint density at radius 3 is 2.58 bits per heavy atom. The molecule has 0 bridgehead atoms. The van der Waals surface area contributed by atoms with Crippen molar-refractivity contribution in [3.8, 4) is 0 Å². The second kappa shape index (κ2) is 8.20. The molecule has 4 aliphatic carbocycles. The molecule has 0 aromatic carbocycles. The van der Waals surface area contributed by atoms with Crippen LogP contribution in [0.3, 0.4) is 0 Å². The van der Waals surface area contributed by atoms with Gasteiger partial charge in [-0.05, 0) is 92.4 Å². The second-order valence-corrected chi connectivity index (χ2v) is 12.3. The summed E-state index contributed by atoms with van der Waals surface area (Å²) in [5.41, 5.74) is 2.41. The standard InChI is InChI=1S/C28H42O5/c1-15-13-24(33-26(32)18(15)14-29)16(2)19-7-8-20-17-5-6-22-23(30)9-10-25(31)28(22,4)21(17)11-12-27(19,20)3/h6,16-17,19-21,23-25,29-31H,5,7-14H2,1-4H3/t16-,17-,19+,20-,21-,23-,24+,25-,27+,28+/m0/s1. The Morgan fingerprint density at radius 1 is 1.12 bits per heavy atom. The van der Waals surface area contributed by atoms with E-state index >= 15 is 0 Å². The molecule has 5 aliphatic rings. The Labute approximate surface area is 198 Å². The quantitative estimate of drug-likeness (QED) is 0.437. The lowest BCUT2D eigenvalue weighted by Gasteiger charge is -2.60. The zero-order valence-corrected chi connectivity index (χ0v) is 20.7. The molecule has 0 unspecified atom stereocenters. The number of cyclic esters (lactones) is 1. The third kappa shape index (κ3) is 3.32. The second-order valence-electron chi connectivity index (χ2n) is 12.3. The van der Waals surface area contributed by atoms with E-state index in [-0.39, 0.29) is 41.5 Å². The molecule has 184 valence electrons. The number of carbonyl (C=O) groups is 1. The zero-order valence-electron chi connectivity index (χ0n) is 20.7. The summed E-state index contributed by atoms with van der Waals surface area (Å²) in [6.45, 7) is 8.67. The molecule has 0 aromatic heterocycles. The molecule has 0 radical (unpaired) electrons. The fourth-order valence-corrected chi connectivity index (χ4v) is 9.27. The average molecular weight is 459 g/mol. The van der Waals surface area contributed by atoms with Gasteiger partial charge in [0.15, 0.2) is 0 Å². The van der Waals surface area contributed by atoms with Gasteiger partial charge in [0.25, 0.3) is 0 Å². The molecule has 10 atom stereocenters. The number of fused-ring (bicyclic) bond motifs is 5. The van der Waals surface area contributed by atoms with E-state index in [2.05, 4.69) is 26.8 Å². The Hall–Kier alpha value is -1.17. The van der Waals surface area contributed by atoms with Crippen LogP contribution in [0.25, 0.3) is 0 Å². The van der Waals surface area contributed by atoms with E-state index in [1.807, 2.05) is 6.92 Å². The van der Waals surface area contributed by atoms with Crippen LogP contribution in [0.1, 0.15) is 79.1 Å². The van der Waals surface area contributed by atoms with Crippen LogP contribution < -0.4 is 0 Å². The molecule has 33 heavy (non-hydrogen) atoms. The summed E-state index contributed by atoms with van der Waals surface area (Å²) in [5, 5.41) is 31.3. The topological polar surface area (TPSA) is 87.0 Å². The monoisotopic (exact) mass is 458 g/mol. The van der Waals surface area contributed by atoms with Crippen LogP contribution in [-0.4, -0.2) is 46.2 Å². The van der Waals surface area contributed by atoms with Crippen molar-refractivity contribution in [2.24, 2.45) is 40.4 Å². The lowest BCUT2D eigenvalue weighted by Crippen LogP contribution is -2.56. The van der Waals surface area contributed by atoms with Gasteiger partial charge in [-0.2, -0.15) is 0 Å². The third-order valence-corrected chi connectivity index (χ3v) is 11.2. The zero-order chi connectivity index (χ0) is 23.7. The largest absolute Gasteiger partial charge is 0.458 e. The van der Waals surface area contributed by atoms with Gasteiger partial charge in [-0.3, -0.25) is 0 Å². The number of carbonyl (C=O) groups excluding carboxylic acids is 1. The van der Waals surface area contributed by atoms with E-state index in [1.165, 1.54) is 6.42 Å². The predicted octanol–water partition coefficient (Wildman–Crippen LogP) is 4.16. The summed E-state index contributed by atoms with van der Waals surface area (Å²) in [5.74, 6) is 2.02. The lowest BCUT2D eigenvalue weighted by molar-refractivity contribution is -0.153. The maximum Gasteiger partial charge on any atom is 0.336 e. The molecule has 1 heterocycles. The maximum absolute atomic E-state index is 12.5. The molecule has 0 amide bonds. The van der Waals surface area contributed by atoms with Crippen molar-refractivity contribution in [3.05, 3.63) is 22.8 Å². The van der Waals surface area contributed by atoms with Gasteiger partial charge in [0.2, 0.25) is 0 Å². The van der Waals surface area contributed by atoms with Crippen molar-refractivity contribution in [2.45, 2.75) is 97.4 Å². The maximum atomic E-state index is 12.5. The molecule has 1 aliphatic heterocycles. The van der Waals surface area contributed by atoms with Gasteiger partial charge in [0.05, 0.1) is 24.4 Å². The molecule has 5 heteroatoms. The number of rotatable bonds is 3. The number of hydrogen-bond donors (Lipinski definition) is 3. The highest BCUT2D eigenvalue weighted by atomic mass is 16.5. The first kappa shape index (κ1) is 23.6. The summed E-state index contributed by atoms with van der Waals surface area (Å²) in [7, 11) is 0. The molecule has 0 aromatic rings. The van der Waals surface area contributed by atoms with Crippen molar-refractivity contribution in [1.82, 2.24) is 0 Å². The van der Waals surface area contributed by atoms with Crippen molar-refractivity contribution in [3.63, 3.8) is 0 Å². The normalized spacial score (nSPS) is 48.4. The van der Waals surface area contributed by atoms with Crippen molar-refractivity contribution in [2.75, 3.05) is 6.61 Å². The molecule has 0 spiro atoms. The Bertz CT molecular complexity index is 876. The fourth-order valence-electron chi connectivity index (χ4n) is 9.27. The van der Waals surface area contributed by atoms with Crippen LogP contribution in [0.2, 0.25) is 0 Å². The Morgan fingerprint density at radius 2 is 1.88 bits per heavy atom. The molecular formula is C28H42O5. The number of allylic oxidation sites excluding steroid dienone is 1. The number of ether oxygens (including phenoxy) is 1. The number of aliphatic hydroxyl groups excluding tert-OH is 3. The third-order valence-electron chi connectivity index (χ3n) is 11.2. The first-order chi connectivity index (χ1) is 15.6. The minimum absolute atomic E-state index is 0.114. The van der Waals surface area contributed by atoms with Gasteiger partial charge in [0, 0.05) is 11.8 Å². The summed E-state index contributed by atoms with van der Waals surface area (Å²) >= 11 is 0. The molecule has 0 saturated heterocycles. The minimum Gasteiger partial charge on any atom is -0.458 e. The van der Waals surface area contributed by atoms with Crippen LogP contribution in [0.5, 0.6) is 0 Å². The molecule has 5 rings (SSSR count). The van der Waals surface area contributed by atoms with Crippen molar-refractivity contribution >= 4 is 5.97 Å². The summed E-state index contributed by atoms with van der Waals surface area (Å²) in [6, 6.07) is 0. The highest BCUT2D eigenvalue weighted by Crippen LogP contribution is 2.67. The van der Waals surface area contributed by atoms with E-state index in [0.29, 0.717) is 42.1 Å². The van der Waals surface area contributed by atoms with Gasteiger partial charge >= 0.3 is 5.97 Å². The van der Waals surface area contributed by atoms with Crippen LogP contribution in [0.15, 0.2) is 22.8 Å². The molecule has 5 nitrogen and oxygen atoms in total. The number of esters is 1. The first-order valence-electron chi connectivity index (χ1n) is 13.2. The van der Waals surface area contributed by atoms with Crippen LogP contribution in [-0.2, 0) is 9.53 Å². The van der Waals surface area contributed by atoms with E-state index in [0.717, 1.165) is 43.3 Å². The molecular weight excluding hydrogens is 416 g/mol. The Kier molecular flexibility index (Phi) is 5.86. The van der Waals surface area contributed by atoms with Crippen LogP contribution in [0, 0.1) is 40.4 Å². The van der Waals surface area contributed by atoms with Gasteiger partial charge in [0.1, 0.15) is 6.10 Å².